The second kappa shape index (κ2) is 6.18. The molecule has 4 heteroatoms. The summed E-state index contributed by atoms with van der Waals surface area (Å²) in [5.74, 6) is -0.0354. The summed E-state index contributed by atoms with van der Waals surface area (Å²) >= 11 is 3.28. The minimum Gasteiger partial charge on any atom is -0.496 e. The molecule has 0 aliphatic rings. The van der Waals surface area contributed by atoms with Crippen LogP contribution in [0.25, 0.3) is 0 Å². The van der Waals surface area contributed by atoms with Crippen LogP contribution in [0.3, 0.4) is 0 Å². The fourth-order valence-electron chi connectivity index (χ4n) is 1.99. The Hall–Kier alpha value is -1.68. The average Bonchev–Trinajstić information content (AvgIpc) is 2.42. The first kappa shape index (κ1) is 14.7. The van der Waals surface area contributed by atoms with Gasteiger partial charge in [-0.25, -0.2) is 4.39 Å². The van der Waals surface area contributed by atoms with E-state index in [-0.39, 0.29) is 18.0 Å². The van der Waals surface area contributed by atoms with Crippen LogP contribution in [0.4, 0.5) is 4.39 Å². The number of carbonyl (C=O) groups excluding carboxylic acids is 1. The van der Waals surface area contributed by atoms with Crippen LogP contribution in [0, 0.1) is 12.7 Å². The number of ether oxygens (including phenoxy) is 1. The molecule has 0 saturated heterocycles. The number of halogens is 2. The normalized spacial score (nSPS) is 10.4. The summed E-state index contributed by atoms with van der Waals surface area (Å²) in [7, 11) is 1.52. The van der Waals surface area contributed by atoms with E-state index < -0.39 is 0 Å². The molecule has 0 amide bonds. The summed E-state index contributed by atoms with van der Waals surface area (Å²) in [6.07, 6.45) is 0.00505. The smallest absolute Gasteiger partial charge is 0.171 e. The monoisotopic (exact) mass is 336 g/mol. The number of benzene rings is 2. The standard InChI is InChI=1S/C16H14BrFO2/c1-10-3-6-16(20-2)13(7-10)15(19)9-11-8-12(17)4-5-14(11)18/h3-8H,9H2,1-2H3. The zero-order chi connectivity index (χ0) is 14.7. The van der Waals surface area contributed by atoms with Crippen LogP contribution in [0.2, 0.25) is 0 Å². The summed E-state index contributed by atoms with van der Waals surface area (Å²) in [5.41, 5.74) is 1.81. The van der Waals surface area contributed by atoms with Crippen molar-refractivity contribution in [3.05, 3.63) is 63.4 Å². The van der Waals surface area contributed by atoms with Crippen molar-refractivity contribution in [1.29, 1.82) is 0 Å². The topological polar surface area (TPSA) is 26.3 Å². The maximum atomic E-state index is 13.7. The van der Waals surface area contributed by atoms with E-state index in [2.05, 4.69) is 15.9 Å². The molecule has 20 heavy (non-hydrogen) atoms. The van der Waals surface area contributed by atoms with Crippen molar-refractivity contribution in [2.24, 2.45) is 0 Å². The number of Topliss-reactive ketones (excluding diaryl/α,β-unsaturated/α-hetero) is 1. The van der Waals surface area contributed by atoms with Crippen LogP contribution in [-0.2, 0) is 6.42 Å². The third-order valence-electron chi connectivity index (χ3n) is 3.01. The number of aryl methyl sites for hydroxylation is 1. The number of ketones is 1. The number of methoxy groups -OCH3 is 1. The van der Waals surface area contributed by atoms with Crippen molar-refractivity contribution in [2.45, 2.75) is 13.3 Å². The number of hydrogen-bond acceptors (Lipinski definition) is 2. The van der Waals surface area contributed by atoms with E-state index in [0.717, 1.165) is 10.0 Å². The third-order valence-corrected chi connectivity index (χ3v) is 3.51. The van der Waals surface area contributed by atoms with Crippen LogP contribution in [0.1, 0.15) is 21.5 Å². The quantitative estimate of drug-likeness (QED) is 0.776. The Morgan fingerprint density at radius 2 is 2.00 bits per heavy atom. The molecule has 0 bridgehead atoms. The number of rotatable bonds is 4. The first-order valence-corrected chi connectivity index (χ1v) is 6.92. The third kappa shape index (κ3) is 3.25. The van der Waals surface area contributed by atoms with Gasteiger partial charge < -0.3 is 4.74 Å². The summed E-state index contributed by atoms with van der Waals surface area (Å²) in [6.45, 7) is 1.90. The second-order valence-electron chi connectivity index (χ2n) is 4.54. The molecule has 0 N–H and O–H groups in total. The summed E-state index contributed by atoms with van der Waals surface area (Å²) < 4.78 is 19.6. The Morgan fingerprint density at radius 1 is 1.25 bits per heavy atom. The molecule has 0 radical (unpaired) electrons. The SMILES string of the molecule is COc1ccc(C)cc1C(=O)Cc1cc(Br)ccc1F. The van der Waals surface area contributed by atoms with Crippen molar-refractivity contribution >= 4 is 21.7 Å². The van der Waals surface area contributed by atoms with Gasteiger partial charge in [-0.3, -0.25) is 4.79 Å². The minimum atomic E-state index is -0.381. The van der Waals surface area contributed by atoms with E-state index >= 15 is 0 Å². The van der Waals surface area contributed by atoms with E-state index in [1.165, 1.54) is 13.2 Å². The molecule has 2 aromatic carbocycles. The molecule has 2 rings (SSSR count). The molecule has 2 aromatic rings. The van der Waals surface area contributed by atoms with Crippen LogP contribution in [0.15, 0.2) is 40.9 Å². The molecule has 0 unspecified atom stereocenters. The van der Waals surface area contributed by atoms with Crippen molar-refractivity contribution in [1.82, 2.24) is 0 Å². The van der Waals surface area contributed by atoms with Crippen LogP contribution in [-0.4, -0.2) is 12.9 Å². The first-order valence-electron chi connectivity index (χ1n) is 6.13. The fourth-order valence-corrected chi connectivity index (χ4v) is 2.40. The lowest BCUT2D eigenvalue weighted by molar-refractivity contribution is 0.0989. The second-order valence-corrected chi connectivity index (χ2v) is 5.46. The Labute approximate surface area is 125 Å². The average molecular weight is 337 g/mol. The van der Waals surface area contributed by atoms with Gasteiger partial charge in [0, 0.05) is 10.9 Å². The van der Waals surface area contributed by atoms with Gasteiger partial charge in [-0.1, -0.05) is 27.6 Å². The van der Waals surface area contributed by atoms with Gasteiger partial charge in [0.15, 0.2) is 5.78 Å². The van der Waals surface area contributed by atoms with Crippen LogP contribution < -0.4 is 4.74 Å². The highest BCUT2D eigenvalue weighted by Crippen LogP contribution is 2.23. The summed E-state index contributed by atoms with van der Waals surface area (Å²) in [5, 5.41) is 0. The molecule has 0 atom stereocenters. The van der Waals surface area contributed by atoms with Crippen molar-refractivity contribution in [3.8, 4) is 5.75 Å². The molecule has 2 nitrogen and oxygen atoms in total. The first-order chi connectivity index (χ1) is 9.51. The Balaban J connectivity index is 2.32. The van der Waals surface area contributed by atoms with Crippen molar-refractivity contribution in [3.63, 3.8) is 0 Å². The lowest BCUT2D eigenvalue weighted by Gasteiger charge is -2.09. The highest BCUT2D eigenvalue weighted by atomic mass is 79.9. The van der Waals surface area contributed by atoms with Gasteiger partial charge in [-0.05, 0) is 42.8 Å². The lowest BCUT2D eigenvalue weighted by atomic mass is 10.0. The molecule has 104 valence electrons. The molecule has 0 spiro atoms. The predicted molar refractivity (Wildman–Crippen MR) is 79.9 cm³/mol. The zero-order valence-corrected chi connectivity index (χ0v) is 12.8. The van der Waals surface area contributed by atoms with E-state index in [1.54, 1.807) is 24.3 Å². The molecule has 0 heterocycles. The van der Waals surface area contributed by atoms with Crippen LogP contribution >= 0.6 is 15.9 Å². The maximum absolute atomic E-state index is 13.7. The van der Waals surface area contributed by atoms with E-state index in [4.69, 9.17) is 4.74 Å². The van der Waals surface area contributed by atoms with Crippen molar-refractivity contribution < 1.29 is 13.9 Å². The molecular formula is C16H14BrFO2. The predicted octanol–water partition coefficient (Wildman–Crippen LogP) is 4.33. The van der Waals surface area contributed by atoms with Gasteiger partial charge in [0.1, 0.15) is 11.6 Å². The number of carbonyl (C=O) groups is 1. The van der Waals surface area contributed by atoms with Gasteiger partial charge in [0.25, 0.3) is 0 Å². The minimum absolute atomic E-state index is 0.00505. The lowest BCUT2D eigenvalue weighted by Crippen LogP contribution is -2.07. The van der Waals surface area contributed by atoms with E-state index in [9.17, 15) is 9.18 Å². The zero-order valence-electron chi connectivity index (χ0n) is 11.2. The Morgan fingerprint density at radius 3 is 2.70 bits per heavy atom. The number of hydrogen-bond donors (Lipinski definition) is 0. The van der Waals surface area contributed by atoms with Crippen molar-refractivity contribution in [2.75, 3.05) is 7.11 Å². The molecule has 0 fully saturated rings. The molecule has 0 aliphatic heterocycles. The molecular weight excluding hydrogens is 323 g/mol. The highest BCUT2D eigenvalue weighted by molar-refractivity contribution is 9.10. The maximum Gasteiger partial charge on any atom is 0.171 e. The Bertz CT molecular complexity index is 653. The molecule has 0 aliphatic carbocycles. The van der Waals surface area contributed by atoms with Gasteiger partial charge >= 0.3 is 0 Å². The van der Waals surface area contributed by atoms with Gasteiger partial charge in [0.05, 0.1) is 12.7 Å². The highest BCUT2D eigenvalue weighted by Gasteiger charge is 2.15. The van der Waals surface area contributed by atoms with Crippen LogP contribution in [0.5, 0.6) is 5.75 Å². The van der Waals surface area contributed by atoms with Gasteiger partial charge in [0.2, 0.25) is 0 Å². The largest absolute Gasteiger partial charge is 0.496 e. The Kier molecular flexibility index (Phi) is 4.55. The van der Waals surface area contributed by atoms with Gasteiger partial charge in [-0.15, -0.1) is 0 Å². The van der Waals surface area contributed by atoms with Gasteiger partial charge in [-0.2, -0.15) is 0 Å². The fraction of sp³-hybridized carbons (Fsp3) is 0.188. The van der Waals surface area contributed by atoms with E-state index in [1.807, 2.05) is 13.0 Å². The molecule has 0 saturated carbocycles. The van der Waals surface area contributed by atoms with E-state index in [0.29, 0.717) is 16.9 Å². The summed E-state index contributed by atoms with van der Waals surface area (Å²) in [4.78, 5) is 12.3. The molecule has 0 aromatic heterocycles. The summed E-state index contributed by atoms with van der Waals surface area (Å²) in [6, 6.07) is 9.96.